The first-order valence-corrected chi connectivity index (χ1v) is 8.73. The number of thioether (sulfide) groups is 1. The van der Waals surface area contributed by atoms with Gasteiger partial charge >= 0.3 is 0 Å². The molecule has 0 aromatic carbocycles. The Morgan fingerprint density at radius 2 is 2.29 bits per heavy atom. The second-order valence-electron chi connectivity index (χ2n) is 5.13. The average Bonchev–Trinajstić information content (AvgIpc) is 2.53. The molecular weight excluding hydrogens is 284 g/mol. The van der Waals surface area contributed by atoms with Gasteiger partial charge in [0.15, 0.2) is 0 Å². The van der Waals surface area contributed by atoms with Crippen LogP contribution in [0.5, 0.6) is 0 Å². The summed E-state index contributed by atoms with van der Waals surface area (Å²) in [5.74, 6) is 3.26. The molecule has 1 amide bonds. The summed E-state index contributed by atoms with van der Waals surface area (Å²) in [6.45, 7) is 2.65. The topological polar surface area (TPSA) is 66.1 Å². The van der Waals surface area contributed by atoms with Crippen LogP contribution in [0, 0.1) is 0 Å². The third-order valence-electron chi connectivity index (χ3n) is 3.33. The monoisotopic (exact) mass is 308 g/mol. The Hall–Kier alpha value is -1.27. The number of carbonyl (C=O) groups is 1. The van der Waals surface area contributed by atoms with E-state index in [9.17, 15) is 4.79 Å². The van der Waals surface area contributed by atoms with E-state index >= 15 is 0 Å². The standard InChI is InChI=1S/C15H24N4OS/c20-15(11-13-12-21-10-9-16-13)19-8-4-3-7-18-14-5-1-2-6-17-14/h1-2,5-6,13,16H,3-4,7-12H2,(H,17,18)(H,19,20). The fourth-order valence-corrected chi connectivity index (χ4v) is 3.16. The number of nitrogens with one attached hydrogen (secondary N) is 3. The van der Waals surface area contributed by atoms with Gasteiger partial charge in [0.1, 0.15) is 5.82 Å². The van der Waals surface area contributed by atoms with Crippen LogP contribution in [0.3, 0.4) is 0 Å². The lowest BCUT2D eigenvalue weighted by atomic mass is 10.2. The number of unbranched alkanes of at least 4 members (excludes halogenated alkanes) is 1. The summed E-state index contributed by atoms with van der Waals surface area (Å²) < 4.78 is 0. The lowest BCUT2D eigenvalue weighted by Crippen LogP contribution is -2.41. The van der Waals surface area contributed by atoms with Crippen molar-refractivity contribution in [1.82, 2.24) is 15.6 Å². The molecule has 1 saturated heterocycles. The first kappa shape index (κ1) is 16.1. The predicted octanol–water partition coefficient (Wildman–Crippen LogP) is 1.48. The average molecular weight is 308 g/mol. The van der Waals surface area contributed by atoms with Crippen LogP contribution in [-0.2, 0) is 4.79 Å². The number of anilines is 1. The Labute approximate surface area is 130 Å². The SMILES string of the molecule is O=C(CC1CSCCN1)NCCCCNc1ccccn1. The van der Waals surface area contributed by atoms with E-state index in [1.54, 1.807) is 6.20 Å². The number of carbonyl (C=O) groups excluding carboxylic acids is 1. The molecule has 116 valence electrons. The third kappa shape index (κ3) is 6.82. The van der Waals surface area contributed by atoms with E-state index < -0.39 is 0 Å². The quantitative estimate of drug-likeness (QED) is 0.635. The van der Waals surface area contributed by atoms with Gasteiger partial charge in [-0.2, -0.15) is 11.8 Å². The lowest BCUT2D eigenvalue weighted by molar-refractivity contribution is -0.121. The molecule has 1 unspecified atom stereocenters. The van der Waals surface area contributed by atoms with Gasteiger partial charge in [0, 0.05) is 49.8 Å². The minimum atomic E-state index is 0.160. The number of hydrogen-bond acceptors (Lipinski definition) is 5. The molecule has 1 aromatic heterocycles. The van der Waals surface area contributed by atoms with E-state index in [2.05, 4.69) is 20.9 Å². The largest absolute Gasteiger partial charge is 0.370 e. The lowest BCUT2D eigenvalue weighted by Gasteiger charge is -2.22. The Bertz CT molecular complexity index is 409. The molecule has 2 heterocycles. The van der Waals surface area contributed by atoms with Gasteiger partial charge in [-0.3, -0.25) is 4.79 Å². The number of hydrogen-bond donors (Lipinski definition) is 3. The molecule has 1 aromatic rings. The van der Waals surface area contributed by atoms with Crippen LogP contribution in [-0.4, -0.2) is 48.1 Å². The van der Waals surface area contributed by atoms with E-state index in [1.165, 1.54) is 0 Å². The Morgan fingerprint density at radius 3 is 3.05 bits per heavy atom. The Balaban J connectivity index is 1.46. The van der Waals surface area contributed by atoms with Gasteiger partial charge in [-0.1, -0.05) is 6.07 Å². The molecule has 3 N–H and O–H groups in total. The zero-order valence-corrected chi connectivity index (χ0v) is 13.1. The fourth-order valence-electron chi connectivity index (χ4n) is 2.21. The van der Waals surface area contributed by atoms with Gasteiger partial charge in [0.05, 0.1) is 0 Å². The molecular formula is C15H24N4OS. The summed E-state index contributed by atoms with van der Waals surface area (Å²) in [4.78, 5) is 16.0. The van der Waals surface area contributed by atoms with Crippen LogP contribution in [0.4, 0.5) is 5.82 Å². The van der Waals surface area contributed by atoms with Gasteiger partial charge < -0.3 is 16.0 Å². The highest BCUT2D eigenvalue weighted by Gasteiger charge is 2.15. The molecule has 21 heavy (non-hydrogen) atoms. The second-order valence-corrected chi connectivity index (χ2v) is 6.28. The fraction of sp³-hybridized carbons (Fsp3) is 0.600. The van der Waals surface area contributed by atoms with Crippen LogP contribution in [0.2, 0.25) is 0 Å². The number of pyridine rings is 1. The Kier molecular flexibility index (Phi) is 7.38. The van der Waals surface area contributed by atoms with Crippen LogP contribution >= 0.6 is 11.8 Å². The normalized spacial score (nSPS) is 18.2. The van der Waals surface area contributed by atoms with Crippen molar-refractivity contribution >= 4 is 23.5 Å². The maximum Gasteiger partial charge on any atom is 0.221 e. The molecule has 1 fully saturated rings. The van der Waals surface area contributed by atoms with E-state index in [1.807, 2.05) is 30.0 Å². The van der Waals surface area contributed by atoms with Gasteiger partial charge in [0.2, 0.25) is 5.91 Å². The van der Waals surface area contributed by atoms with Crippen molar-refractivity contribution in [2.45, 2.75) is 25.3 Å². The van der Waals surface area contributed by atoms with Crippen molar-refractivity contribution in [3.63, 3.8) is 0 Å². The molecule has 5 nitrogen and oxygen atoms in total. The van der Waals surface area contributed by atoms with Crippen LogP contribution in [0.1, 0.15) is 19.3 Å². The summed E-state index contributed by atoms with van der Waals surface area (Å²) in [7, 11) is 0. The molecule has 0 bridgehead atoms. The summed E-state index contributed by atoms with van der Waals surface area (Å²) >= 11 is 1.92. The highest BCUT2D eigenvalue weighted by atomic mass is 32.2. The van der Waals surface area contributed by atoms with Crippen molar-refractivity contribution < 1.29 is 4.79 Å². The summed E-state index contributed by atoms with van der Waals surface area (Å²) in [5, 5.41) is 9.64. The van der Waals surface area contributed by atoms with Crippen molar-refractivity contribution in [3.05, 3.63) is 24.4 Å². The van der Waals surface area contributed by atoms with Gasteiger partial charge in [0.25, 0.3) is 0 Å². The summed E-state index contributed by atoms with van der Waals surface area (Å²) in [6, 6.07) is 6.17. The van der Waals surface area contributed by atoms with Gasteiger partial charge in [-0.05, 0) is 25.0 Å². The maximum absolute atomic E-state index is 11.8. The smallest absolute Gasteiger partial charge is 0.221 e. The highest BCUT2D eigenvalue weighted by molar-refractivity contribution is 7.99. The zero-order chi connectivity index (χ0) is 14.8. The Morgan fingerprint density at radius 1 is 1.38 bits per heavy atom. The zero-order valence-electron chi connectivity index (χ0n) is 12.3. The van der Waals surface area contributed by atoms with Crippen LogP contribution in [0.15, 0.2) is 24.4 Å². The number of aromatic nitrogens is 1. The van der Waals surface area contributed by atoms with Crippen LogP contribution < -0.4 is 16.0 Å². The molecule has 1 aliphatic rings. The van der Waals surface area contributed by atoms with Crippen LogP contribution in [0.25, 0.3) is 0 Å². The van der Waals surface area contributed by atoms with Crippen molar-refractivity contribution in [3.8, 4) is 0 Å². The molecule has 2 rings (SSSR count). The first-order chi connectivity index (χ1) is 10.3. The predicted molar refractivity (Wildman–Crippen MR) is 88.7 cm³/mol. The summed E-state index contributed by atoms with van der Waals surface area (Å²) in [5.41, 5.74) is 0. The van der Waals surface area contributed by atoms with Gasteiger partial charge in [-0.15, -0.1) is 0 Å². The maximum atomic E-state index is 11.8. The molecule has 1 aliphatic heterocycles. The minimum Gasteiger partial charge on any atom is -0.370 e. The van der Waals surface area contributed by atoms with E-state index in [-0.39, 0.29) is 5.91 Å². The van der Waals surface area contributed by atoms with Gasteiger partial charge in [-0.25, -0.2) is 4.98 Å². The van der Waals surface area contributed by atoms with Crippen molar-refractivity contribution in [1.29, 1.82) is 0 Å². The molecule has 0 radical (unpaired) electrons. The molecule has 6 heteroatoms. The van der Waals surface area contributed by atoms with E-state index in [4.69, 9.17) is 0 Å². The van der Waals surface area contributed by atoms with Crippen molar-refractivity contribution in [2.24, 2.45) is 0 Å². The number of rotatable bonds is 8. The van der Waals surface area contributed by atoms with Crippen molar-refractivity contribution in [2.75, 3.05) is 36.5 Å². The minimum absolute atomic E-state index is 0.160. The van der Waals surface area contributed by atoms with E-state index in [0.717, 1.165) is 49.8 Å². The number of nitrogens with zero attached hydrogens (tertiary/aromatic N) is 1. The van der Waals surface area contributed by atoms with E-state index in [0.29, 0.717) is 12.5 Å². The molecule has 0 saturated carbocycles. The molecule has 0 spiro atoms. The number of amides is 1. The highest BCUT2D eigenvalue weighted by Crippen LogP contribution is 2.09. The molecule has 1 atom stereocenters. The first-order valence-electron chi connectivity index (χ1n) is 7.57. The second kappa shape index (κ2) is 9.63. The summed E-state index contributed by atoms with van der Waals surface area (Å²) in [6.07, 6.45) is 4.38. The third-order valence-corrected chi connectivity index (χ3v) is 4.46. The molecule has 0 aliphatic carbocycles.